The molecule has 0 aliphatic carbocycles. The Morgan fingerprint density at radius 1 is 1.12 bits per heavy atom. The minimum absolute atomic E-state index is 0.0810. The first kappa shape index (κ1) is 18.6. The van der Waals surface area contributed by atoms with Crippen LogP contribution in [0.3, 0.4) is 0 Å². The van der Waals surface area contributed by atoms with Crippen molar-refractivity contribution >= 4 is 11.9 Å². The zero-order chi connectivity index (χ0) is 18.4. The topological polar surface area (TPSA) is 66.4 Å². The highest BCUT2D eigenvalue weighted by Crippen LogP contribution is 2.19. The first-order valence-corrected chi connectivity index (χ1v) is 7.81. The molecule has 0 heterocycles. The summed E-state index contributed by atoms with van der Waals surface area (Å²) >= 11 is 0. The zero-order valence-corrected chi connectivity index (χ0v) is 13.7. The van der Waals surface area contributed by atoms with E-state index >= 15 is 0 Å². The Hall–Kier alpha value is -2.76. The molecule has 1 atom stereocenters. The summed E-state index contributed by atoms with van der Waals surface area (Å²) in [5.41, 5.74) is 1.72. The molecule has 0 spiro atoms. The van der Waals surface area contributed by atoms with Crippen LogP contribution in [0.25, 0.3) is 0 Å². The second-order valence-corrected chi connectivity index (χ2v) is 5.86. The van der Waals surface area contributed by atoms with Crippen molar-refractivity contribution in [3.05, 3.63) is 70.8 Å². The molecule has 0 fully saturated rings. The molecule has 0 radical (unpaired) electrons. The molecular weight excluding hydrogens is 328 g/mol. The summed E-state index contributed by atoms with van der Waals surface area (Å²) in [5.74, 6) is -2.40. The van der Waals surface area contributed by atoms with Gasteiger partial charge < -0.3 is 10.4 Å². The number of hydrogen-bond donors (Lipinski definition) is 2. The summed E-state index contributed by atoms with van der Waals surface area (Å²) in [6.07, 6.45) is -2.39. The predicted molar refractivity (Wildman–Crippen MR) is 89.7 cm³/mol. The van der Waals surface area contributed by atoms with Gasteiger partial charge in [-0.05, 0) is 31.0 Å². The quantitative estimate of drug-likeness (QED) is 0.804. The van der Waals surface area contributed by atoms with E-state index < -0.39 is 24.2 Å². The number of hydrogen-bond acceptors (Lipinski definition) is 2. The van der Waals surface area contributed by atoms with Crippen LogP contribution in [0.5, 0.6) is 0 Å². The van der Waals surface area contributed by atoms with Crippen LogP contribution in [0.4, 0.5) is 8.78 Å². The minimum Gasteiger partial charge on any atom is -0.481 e. The number of amides is 1. The van der Waals surface area contributed by atoms with E-state index in [1.54, 1.807) is 0 Å². The molecule has 0 aromatic heterocycles. The number of carboxylic acids is 1. The fraction of sp³-hybridized carbons (Fsp3) is 0.263. The number of alkyl halides is 2. The third-order valence-corrected chi connectivity index (χ3v) is 3.82. The van der Waals surface area contributed by atoms with E-state index in [9.17, 15) is 23.5 Å². The highest BCUT2D eigenvalue weighted by molar-refractivity contribution is 5.94. The molecular formula is C19H19F2NO3. The Bertz CT molecular complexity index is 762. The summed E-state index contributed by atoms with van der Waals surface area (Å²) in [5, 5.41) is 11.9. The van der Waals surface area contributed by atoms with Crippen molar-refractivity contribution in [2.75, 3.05) is 6.54 Å². The lowest BCUT2D eigenvalue weighted by Gasteiger charge is -2.14. The highest BCUT2D eigenvalue weighted by Gasteiger charge is 2.20. The first-order chi connectivity index (χ1) is 11.9. The average molecular weight is 347 g/mol. The Morgan fingerprint density at radius 3 is 2.48 bits per heavy atom. The maximum Gasteiger partial charge on any atom is 0.308 e. The van der Waals surface area contributed by atoms with Gasteiger partial charge >= 0.3 is 5.97 Å². The van der Waals surface area contributed by atoms with E-state index in [4.69, 9.17) is 0 Å². The van der Waals surface area contributed by atoms with Crippen molar-refractivity contribution in [3.8, 4) is 0 Å². The van der Waals surface area contributed by atoms with E-state index in [1.807, 2.05) is 31.2 Å². The smallest absolute Gasteiger partial charge is 0.308 e. The third kappa shape index (κ3) is 5.38. The molecule has 1 amide bonds. The number of nitrogens with one attached hydrogen (secondary N) is 1. The number of benzene rings is 2. The molecule has 0 bridgehead atoms. The molecule has 2 aromatic carbocycles. The van der Waals surface area contributed by atoms with Crippen LogP contribution in [0.15, 0.2) is 48.5 Å². The highest BCUT2D eigenvalue weighted by atomic mass is 19.3. The number of halogens is 2. The van der Waals surface area contributed by atoms with Gasteiger partial charge in [-0.2, -0.15) is 0 Å². The van der Waals surface area contributed by atoms with Gasteiger partial charge in [-0.1, -0.05) is 42.0 Å². The van der Waals surface area contributed by atoms with Crippen molar-refractivity contribution < 1.29 is 23.5 Å². The van der Waals surface area contributed by atoms with Gasteiger partial charge in [0.2, 0.25) is 0 Å². The number of rotatable bonds is 7. The van der Waals surface area contributed by atoms with Gasteiger partial charge in [-0.3, -0.25) is 9.59 Å². The van der Waals surface area contributed by atoms with E-state index in [2.05, 4.69) is 5.32 Å². The summed E-state index contributed by atoms with van der Waals surface area (Å²) in [6.45, 7) is 1.83. The average Bonchev–Trinajstić information content (AvgIpc) is 2.58. The fourth-order valence-electron chi connectivity index (χ4n) is 2.50. The molecule has 0 aliphatic heterocycles. The van der Waals surface area contributed by atoms with Crippen molar-refractivity contribution in [3.63, 3.8) is 0 Å². The van der Waals surface area contributed by atoms with Gasteiger partial charge in [0.05, 0.1) is 5.92 Å². The van der Waals surface area contributed by atoms with Crippen molar-refractivity contribution in [2.24, 2.45) is 5.92 Å². The predicted octanol–water partition coefficient (Wildman–Crippen LogP) is 3.61. The van der Waals surface area contributed by atoms with Crippen LogP contribution >= 0.6 is 0 Å². The van der Waals surface area contributed by atoms with Crippen LogP contribution in [-0.4, -0.2) is 23.5 Å². The number of carbonyl (C=O) groups is 2. The van der Waals surface area contributed by atoms with Crippen LogP contribution < -0.4 is 5.32 Å². The normalized spacial score (nSPS) is 12.0. The Morgan fingerprint density at radius 2 is 1.84 bits per heavy atom. The number of carbonyl (C=O) groups excluding carboxylic acids is 1. The zero-order valence-electron chi connectivity index (χ0n) is 13.7. The first-order valence-electron chi connectivity index (χ1n) is 7.81. The van der Waals surface area contributed by atoms with Gasteiger partial charge in [0, 0.05) is 17.7 Å². The van der Waals surface area contributed by atoms with E-state index in [0.717, 1.165) is 17.2 Å². The van der Waals surface area contributed by atoms with Crippen LogP contribution in [0.2, 0.25) is 0 Å². The molecule has 25 heavy (non-hydrogen) atoms. The van der Waals surface area contributed by atoms with Gasteiger partial charge in [0.1, 0.15) is 0 Å². The largest absolute Gasteiger partial charge is 0.481 e. The van der Waals surface area contributed by atoms with E-state index in [-0.39, 0.29) is 24.1 Å². The summed E-state index contributed by atoms with van der Waals surface area (Å²) < 4.78 is 25.4. The monoisotopic (exact) mass is 347 g/mol. The Kier molecular flexibility index (Phi) is 6.22. The molecule has 132 valence electrons. The molecule has 0 saturated carbocycles. The van der Waals surface area contributed by atoms with Crippen molar-refractivity contribution in [1.29, 1.82) is 0 Å². The Labute approximate surface area is 144 Å². The number of carboxylic acid groups (broad SMARTS) is 1. The van der Waals surface area contributed by atoms with E-state index in [0.29, 0.717) is 0 Å². The standard InChI is InChI=1S/C19H19F2NO3/c1-12-4-2-5-13(8-12)9-16(19(24)25)11-22-18(23)15-7-3-6-14(10-15)17(20)21/h2-8,10,16-17H,9,11H2,1H3,(H,22,23)(H,24,25). The Balaban J connectivity index is 2.02. The van der Waals surface area contributed by atoms with Gasteiger partial charge in [0.25, 0.3) is 12.3 Å². The van der Waals surface area contributed by atoms with Crippen molar-refractivity contribution in [2.45, 2.75) is 19.8 Å². The van der Waals surface area contributed by atoms with Gasteiger partial charge in [0.15, 0.2) is 0 Å². The third-order valence-electron chi connectivity index (χ3n) is 3.82. The maximum atomic E-state index is 12.7. The van der Waals surface area contributed by atoms with Crippen molar-refractivity contribution in [1.82, 2.24) is 5.32 Å². The lowest BCUT2D eigenvalue weighted by Crippen LogP contribution is -2.34. The maximum absolute atomic E-state index is 12.7. The van der Waals surface area contributed by atoms with Crippen LogP contribution in [-0.2, 0) is 11.2 Å². The lowest BCUT2D eigenvalue weighted by atomic mass is 9.98. The van der Waals surface area contributed by atoms with Gasteiger partial charge in [-0.25, -0.2) is 8.78 Å². The number of aryl methyl sites for hydroxylation is 1. The molecule has 6 heteroatoms. The summed E-state index contributed by atoms with van der Waals surface area (Å²) in [6, 6.07) is 12.6. The summed E-state index contributed by atoms with van der Waals surface area (Å²) in [7, 11) is 0. The molecule has 0 saturated heterocycles. The molecule has 0 aliphatic rings. The molecule has 2 N–H and O–H groups in total. The SMILES string of the molecule is Cc1cccc(CC(CNC(=O)c2cccc(C(F)F)c2)C(=O)O)c1. The van der Waals surface area contributed by atoms with Crippen LogP contribution in [0.1, 0.15) is 33.5 Å². The molecule has 1 unspecified atom stereocenters. The lowest BCUT2D eigenvalue weighted by molar-refractivity contribution is -0.141. The second-order valence-electron chi connectivity index (χ2n) is 5.86. The molecule has 4 nitrogen and oxygen atoms in total. The van der Waals surface area contributed by atoms with Gasteiger partial charge in [-0.15, -0.1) is 0 Å². The molecule has 2 aromatic rings. The van der Waals surface area contributed by atoms with E-state index in [1.165, 1.54) is 18.2 Å². The second kappa shape index (κ2) is 8.37. The summed E-state index contributed by atoms with van der Waals surface area (Å²) in [4.78, 5) is 23.5. The fourth-order valence-corrected chi connectivity index (χ4v) is 2.50. The minimum atomic E-state index is -2.67. The number of aliphatic carboxylic acids is 1. The van der Waals surface area contributed by atoms with Crippen LogP contribution in [0, 0.1) is 12.8 Å². The molecule has 2 rings (SSSR count).